The summed E-state index contributed by atoms with van der Waals surface area (Å²) in [6, 6.07) is 9.87. The highest BCUT2D eigenvalue weighted by atomic mass is 19.4. The summed E-state index contributed by atoms with van der Waals surface area (Å²) in [6.07, 6.45) is -2.20. The molecular formula is C16H17F3N2. The largest absolute Gasteiger partial charge is 0.416 e. The first-order valence-corrected chi connectivity index (χ1v) is 7.00. The van der Waals surface area contributed by atoms with Crippen molar-refractivity contribution in [2.75, 3.05) is 6.54 Å². The number of nitrogens with zero attached hydrogens (tertiary/aromatic N) is 2. The van der Waals surface area contributed by atoms with E-state index in [9.17, 15) is 13.2 Å². The Morgan fingerprint density at radius 2 is 1.81 bits per heavy atom. The maximum atomic E-state index is 12.6. The quantitative estimate of drug-likeness (QED) is 0.810. The van der Waals surface area contributed by atoms with Gasteiger partial charge in [0.2, 0.25) is 0 Å². The van der Waals surface area contributed by atoms with Crippen molar-refractivity contribution in [2.24, 2.45) is 0 Å². The van der Waals surface area contributed by atoms with Crippen LogP contribution in [0.4, 0.5) is 13.2 Å². The molecule has 112 valence electrons. The fourth-order valence-electron chi connectivity index (χ4n) is 2.88. The summed E-state index contributed by atoms with van der Waals surface area (Å²) in [5.41, 5.74) is 1.58. The highest BCUT2D eigenvalue weighted by molar-refractivity contribution is 5.25. The minimum Gasteiger partial charge on any atom is -0.349 e. The minimum absolute atomic E-state index is 0.274. The van der Waals surface area contributed by atoms with E-state index in [2.05, 4.69) is 28.7 Å². The number of halogens is 3. The summed E-state index contributed by atoms with van der Waals surface area (Å²) in [5, 5.41) is 0. The Morgan fingerprint density at radius 3 is 2.48 bits per heavy atom. The molecule has 0 saturated heterocycles. The van der Waals surface area contributed by atoms with Crippen molar-refractivity contribution in [3.05, 3.63) is 59.4 Å². The van der Waals surface area contributed by atoms with Crippen LogP contribution in [-0.4, -0.2) is 16.0 Å². The highest BCUT2D eigenvalue weighted by Gasteiger charge is 2.30. The Hall–Kier alpha value is -1.75. The summed E-state index contributed by atoms with van der Waals surface area (Å²) in [4.78, 5) is 2.29. The Balaban J connectivity index is 1.73. The molecule has 0 bridgehead atoms. The summed E-state index contributed by atoms with van der Waals surface area (Å²) in [6.45, 7) is 4.64. The second-order valence-corrected chi connectivity index (χ2v) is 5.47. The van der Waals surface area contributed by atoms with E-state index < -0.39 is 11.7 Å². The van der Waals surface area contributed by atoms with Gasteiger partial charge in [-0.1, -0.05) is 12.1 Å². The van der Waals surface area contributed by atoms with Gasteiger partial charge in [-0.25, -0.2) is 0 Å². The van der Waals surface area contributed by atoms with Gasteiger partial charge in [0.1, 0.15) is 0 Å². The minimum atomic E-state index is -4.27. The van der Waals surface area contributed by atoms with Crippen molar-refractivity contribution in [1.82, 2.24) is 9.47 Å². The van der Waals surface area contributed by atoms with Crippen LogP contribution in [0.2, 0.25) is 0 Å². The van der Waals surface area contributed by atoms with Gasteiger partial charge in [0.25, 0.3) is 0 Å². The number of hydrogen-bond acceptors (Lipinski definition) is 1. The van der Waals surface area contributed by atoms with Crippen LogP contribution in [0.15, 0.2) is 42.6 Å². The van der Waals surface area contributed by atoms with E-state index >= 15 is 0 Å². The lowest BCUT2D eigenvalue weighted by Crippen LogP contribution is -2.35. The Labute approximate surface area is 121 Å². The molecule has 2 nitrogen and oxygen atoms in total. The molecule has 1 aliphatic rings. The van der Waals surface area contributed by atoms with Gasteiger partial charge >= 0.3 is 6.18 Å². The molecular weight excluding hydrogens is 277 g/mol. The van der Waals surface area contributed by atoms with Crippen molar-refractivity contribution in [3.8, 4) is 0 Å². The lowest BCUT2D eigenvalue weighted by Gasteiger charge is -2.35. The molecule has 3 rings (SSSR count). The monoisotopic (exact) mass is 294 g/mol. The molecule has 2 aromatic rings. The second-order valence-electron chi connectivity index (χ2n) is 5.47. The summed E-state index contributed by atoms with van der Waals surface area (Å²) >= 11 is 0. The molecule has 0 radical (unpaired) electrons. The Bertz CT molecular complexity index is 613. The molecule has 0 amide bonds. The van der Waals surface area contributed by atoms with Crippen molar-refractivity contribution in [3.63, 3.8) is 0 Å². The summed E-state index contributed by atoms with van der Waals surface area (Å²) < 4.78 is 39.9. The number of benzene rings is 1. The van der Waals surface area contributed by atoms with Gasteiger partial charge < -0.3 is 4.57 Å². The highest BCUT2D eigenvalue weighted by Crippen LogP contribution is 2.30. The van der Waals surface area contributed by atoms with E-state index in [1.54, 1.807) is 12.1 Å². The van der Waals surface area contributed by atoms with Gasteiger partial charge in [-0.15, -0.1) is 0 Å². The van der Waals surface area contributed by atoms with E-state index in [4.69, 9.17) is 0 Å². The molecule has 1 aromatic carbocycles. The second kappa shape index (κ2) is 5.22. The zero-order chi connectivity index (χ0) is 15.0. The van der Waals surface area contributed by atoms with Crippen molar-refractivity contribution >= 4 is 0 Å². The molecule has 21 heavy (non-hydrogen) atoms. The average molecular weight is 294 g/mol. The van der Waals surface area contributed by atoms with Crippen molar-refractivity contribution in [2.45, 2.75) is 32.2 Å². The number of hydrogen-bond donors (Lipinski definition) is 0. The van der Waals surface area contributed by atoms with Crippen molar-refractivity contribution < 1.29 is 13.2 Å². The number of aromatic nitrogens is 1. The number of alkyl halides is 3. The molecule has 1 aromatic heterocycles. The van der Waals surface area contributed by atoms with Crippen LogP contribution in [0.1, 0.15) is 29.8 Å². The van der Waals surface area contributed by atoms with E-state index in [0.29, 0.717) is 6.54 Å². The fraction of sp³-hybridized carbons (Fsp3) is 0.375. The third kappa shape index (κ3) is 2.83. The third-order valence-corrected chi connectivity index (χ3v) is 4.14. The zero-order valence-corrected chi connectivity index (χ0v) is 11.8. The van der Waals surface area contributed by atoms with Crippen LogP contribution in [0.3, 0.4) is 0 Å². The molecule has 0 spiro atoms. The van der Waals surface area contributed by atoms with Crippen LogP contribution in [0.25, 0.3) is 0 Å². The molecule has 1 atom stereocenters. The lowest BCUT2D eigenvalue weighted by molar-refractivity contribution is -0.137. The molecule has 2 heterocycles. The van der Waals surface area contributed by atoms with Gasteiger partial charge in [-0.05, 0) is 36.8 Å². The standard InChI is InChI=1S/C16H17F3N2/c1-12-15-3-2-8-20(15)9-10-21(12)11-13-4-6-14(7-5-13)16(17,18)19/h2-8,12H,9-11H2,1H3. The van der Waals surface area contributed by atoms with Crippen LogP contribution in [-0.2, 0) is 19.3 Å². The molecule has 0 N–H and O–H groups in total. The van der Waals surface area contributed by atoms with Gasteiger partial charge in [0.15, 0.2) is 0 Å². The topological polar surface area (TPSA) is 8.17 Å². The summed E-state index contributed by atoms with van der Waals surface area (Å²) in [7, 11) is 0. The third-order valence-electron chi connectivity index (χ3n) is 4.14. The zero-order valence-electron chi connectivity index (χ0n) is 11.8. The number of fused-ring (bicyclic) bond motifs is 1. The molecule has 0 aliphatic carbocycles. The van der Waals surface area contributed by atoms with Crippen LogP contribution in [0, 0.1) is 0 Å². The Kier molecular flexibility index (Phi) is 3.53. The fourth-order valence-corrected chi connectivity index (χ4v) is 2.88. The summed E-state index contributed by atoms with van der Waals surface area (Å²) in [5.74, 6) is 0. The van der Waals surface area contributed by atoms with Crippen molar-refractivity contribution in [1.29, 1.82) is 0 Å². The maximum Gasteiger partial charge on any atom is 0.416 e. The van der Waals surface area contributed by atoms with Gasteiger partial charge in [-0.2, -0.15) is 13.2 Å². The van der Waals surface area contributed by atoms with Crippen LogP contribution < -0.4 is 0 Å². The van der Waals surface area contributed by atoms with Gasteiger partial charge in [0.05, 0.1) is 5.56 Å². The Morgan fingerprint density at radius 1 is 1.10 bits per heavy atom. The van der Waals surface area contributed by atoms with Gasteiger partial charge in [0, 0.05) is 37.6 Å². The van der Waals surface area contributed by atoms with E-state index in [0.717, 1.165) is 30.8 Å². The van der Waals surface area contributed by atoms with Crippen LogP contribution >= 0.6 is 0 Å². The van der Waals surface area contributed by atoms with E-state index in [-0.39, 0.29) is 6.04 Å². The molecule has 5 heteroatoms. The normalized spacial score (nSPS) is 19.5. The van der Waals surface area contributed by atoms with Crippen LogP contribution in [0.5, 0.6) is 0 Å². The SMILES string of the molecule is CC1c2cccn2CCN1Cc1ccc(C(F)(F)F)cc1. The lowest BCUT2D eigenvalue weighted by atomic mass is 10.1. The van der Waals surface area contributed by atoms with E-state index in [1.165, 1.54) is 5.69 Å². The first-order valence-electron chi connectivity index (χ1n) is 7.00. The maximum absolute atomic E-state index is 12.6. The predicted octanol–water partition coefficient (Wildman–Crippen LogP) is 4.08. The average Bonchev–Trinajstić information content (AvgIpc) is 2.91. The van der Waals surface area contributed by atoms with E-state index in [1.807, 2.05) is 6.07 Å². The van der Waals surface area contributed by atoms with Gasteiger partial charge in [-0.3, -0.25) is 4.90 Å². The molecule has 1 unspecified atom stereocenters. The first-order chi connectivity index (χ1) is 9.95. The molecule has 0 saturated carbocycles. The molecule has 1 aliphatic heterocycles. The first kappa shape index (κ1) is 14.2. The molecule has 0 fully saturated rings. The smallest absolute Gasteiger partial charge is 0.349 e. The number of rotatable bonds is 2. The predicted molar refractivity (Wildman–Crippen MR) is 74.7 cm³/mol.